The maximum Gasteiger partial charge on any atom is 0.224 e. The summed E-state index contributed by atoms with van der Waals surface area (Å²) < 4.78 is 25.0. The number of hydrogen-bond acceptors (Lipinski definition) is 3. The van der Waals surface area contributed by atoms with Gasteiger partial charge in [-0.05, 0) is 24.8 Å². The fourth-order valence-corrected chi connectivity index (χ4v) is 4.92. The molecule has 2 heterocycles. The van der Waals surface area contributed by atoms with E-state index in [1.807, 2.05) is 23.1 Å². The predicted octanol–water partition coefficient (Wildman–Crippen LogP) is 1.78. The standard InChI is InChI=1S/C16H22N2O3S/c19-16(9-12-17-10-5-13-22(17,20)21)18-11-4-8-15(18)14-6-2-1-3-7-14/h1-3,6-7,15H,4-5,8-13H2. The number of hydrogen-bond donors (Lipinski definition) is 0. The van der Waals surface area contributed by atoms with Crippen LogP contribution >= 0.6 is 0 Å². The van der Waals surface area contributed by atoms with Gasteiger partial charge in [-0.3, -0.25) is 4.79 Å². The molecule has 0 N–H and O–H groups in total. The predicted molar refractivity (Wildman–Crippen MR) is 84.7 cm³/mol. The molecule has 1 atom stereocenters. The van der Waals surface area contributed by atoms with Crippen LogP contribution in [0.5, 0.6) is 0 Å². The first-order valence-electron chi connectivity index (χ1n) is 7.90. The summed E-state index contributed by atoms with van der Waals surface area (Å²) in [5.41, 5.74) is 1.17. The average molecular weight is 322 g/mol. The molecule has 0 bridgehead atoms. The average Bonchev–Trinajstić information content (AvgIpc) is 3.12. The monoisotopic (exact) mass is 322 g/mol. The van der Waals surface area contributed by atoms with E-state index < -0.39 is 10.0 Å². The van der Waals surface area contributed by atoms with Gasteiger partial charge in [-0.2, -0.15) is 0 Å². The first kappa shape index (κ1) is 15.5. The van der Waals surface area contributed by atoms with Gasteiger partial charge in [0, 0.05) is 26.1 Å². The molecular weight excluding hydrogens is 300 g/mol. The molecule has 2 fully saturated rings. The molecule has 2 aliphatic heterocycles. The Morgan fingerprint density at radius 1 is 1.14 bits per heavy atom. The number of nitrogens with zero attached hydrogens (tertiary/aromatic N) is 2. The van der Waals surface area contributed by atoms with Crippen molar-refractivity contribution in [2.24, 2.45) is 0 Å². The van der Waals surface area contributed by atoms with Gasteiger partial charge in [0.25, 0.3) is 0 Å². The molecule has 6 heteroatoms. The topological polar surface area (TPSA) is 57.7 Å². The zero-order valence-corrected chi connectivity index (χ0v) is 13.5. The largest absolute Gasteiger partial charge is 0.336 e. The number of carbonyl (C=O) groups excluding carboxylic acids is 1. The second kappa shape index (κ2) is 6.38. The molecule has 0 spiro atoms. The summed E-state index contributed by atoms with van der Waals surface area (Å²) in [4.78, 5) is 14.4. The Balaban J connectivity index is 1.62. The van der Waals surface area contributed by atoms with E-state index in [2.05, 4.69) is 12.1 Å². The van der Waals surface area contributed by atoms with Crippen LogP contribution in [0.15, 0.2) is 30.3 Å². The van der Waals surface area contributed by atoms with Gasteiger partial charge >= 0.3 is 0 Å². The molecule has 22 heavy (non-hydrogen) atoms. The van der Waals surface area contributed by atoms with Crippen LogP contribution in [-0.4, -0.2) is 48.9 Å². The summed E-state index contributed by atoms with van der Waals surface area (Å²) >= 11 is 0. The fourth-order valence-electron chi connectivity index (χ4n) is 3.39. The SMILES string of the molecule is O=C(CCN1CCCS1(=O)=O)N1CCCC1c1ccccc1. The third-order valence-corrected chi connectivity index (χ3v) is 6.49. The zero-order valence-electron chi connectivity index (χ0n) is 12.6. The second-order valence-corrected chi connectivity index (χ2v) is 8.06. The number of sulfonamides is 1. The van der Waals surface area contributed by atoms with Gasteiger partial charge in [0.15, 0.2) is 0 Å². The molecule has 0 saturated carbocycles. The van der Waals surface area contributed by atoms with Crippen molar-refractivity contribution in [1.29, 1.82) is 0 Å². The molecule has 1 unspecified atom stereocenters. The summed E-state index contributed by atoms with van der Waals surface area (Å²) in [7, 11) is -3.11. The van der Waals surface area contributed by atoms with Gasteiger partial charge in [0.2, 0.25) is 15.9 Å². The van der Waals surface area contributed by atoms with E-state index in [4.69, 9.17) is 0 Å². The smallest absolute Gasteiger partial charge is 0.224 e. The lowest BCUT2D eigenvalue weighted by atomic mass is 10.0. The summed E-state index contributed by atoms with van der Waals surface area (Å²) in [5, 5.41) is 0. The first-order chi connectivity index (χ1) is 10.6. The Morgan fingerprint density at radius 2 is 1.91 bits per heavy atom. The Bertz CT molecular complexity index is 630. The van der Waals surface area contributed by atoms with E-state index in [-0.39, 0.29) is 24.1 Å². The minimum absolute atomic E-state index is 0.0634. The number of amides is 1. The minimum Gasteiger partial charge on any atom is -0.336 e. The van der Waals surface area contributed by atoms with Gasteiger partial charge in [-0.1, -0.05) is 30.3 Å². The number of benzene rings is 1. The second-order valence-electron chi connectivity index (χ2n) is 5.97. The van der Waals surface area contributed by atoms with Crippen molar-refractivity contribution in [1.82, 2.24) is 9.21 Å². The van der Waals surface area contributed by atoms with E-state index >= 15 is 0 Å². The first-order valence-corrected chi connectivity index (χ1v) is 9.51. The maximum absolute atomic E-state index is 12.5. The van der Waals surface area contributed by atoms with Crippen molar-refractivity contribution in [3.8, 4) is 0 Å². The molecule has 0 radical (unpaired) electrons. The highest BCUT2D eigenvalue weighted by Gasteiger charge is 2.32. The van der Waals surface area contributed by atoms with Crippen molar-refractivity contribution in [2.75, 3.05) is 25.4 Å². The molecule has 1 aromatic carbocycles. The van der Waals surface area contributed by atoms with Gasteiger partial charge < -0.3 is 4.90 Å². The Morgan fingerprint density at radius 3 is 2.59 bits per heavy atom. The van der Waals surface area contributed by atoms with Crippen LogP contribution in [0.1, 0.15) is 37.3 Å². The van der Waals surface area contributed by atoms with Crippen LogP contribution in [0, 0.1) is 0 Å². The molecule has 5 nitrogen and oxygen atoms in total. The Hall–Kier alpha value is -1.40. The summed E-state index contributed by atoms with van der Waals surface area (Å²) in [6, 6.07) is 10.2. The lowest BCUT2D eigenvalue weighted by Crippen LogP contribution is -2.35. The molecular formula is C16H22N2O3S. The molecule has 1 aromatic rings. The van der Waals surface area contributed by atoms with Crippen molar-refractivity contribution in [2.45, 2.75) is 31.7 Å². The van der Waals surface area contributed by atoms with Crippen LogP contribution in [-0.2, 0) is 14.8 Å². The summed E-state index contributed by atoms with van der Waals surface area (Å²) in [6.07, 6.45) is 2.94. The van der Waals surface area contributed by atoms with Crippen LogP contribution in [0.3, 0.4) is 0 Å². The highest BCUT2D eigenvalue weighted by Crippen LogP contribution is 2.32. The molecule has 2 aliphatic rings. The zero-order chi connectivity index (χ0) is 15.6. The van der Waals surface area contributed by atoms with Gasteiger partial charge in [0.05, 0.1) is 11.8 Å². The van der Waals surface area contributed by atoms with E-state index in [0.29, 0.717) is 19.5 Å². The Kier molecular flexibility index (Phi) is 4.49. The number of rotatable bonds is 4. The van der Waals surface area contributed by atoms with Gasteiger partial charge in [0.1, 0.15) is 0 Å². The van der Waals surface area contributed by atoms with E-state index in [0.717, 1.165) is 19.4 Å². The third kappa shape index (κ3) is 3.17. The molecule has 2 saturated heterocycles. The minimum atomic E-state index is -3.11. The number of likely N-dealkylation sites (tertiary alicyclic amines) is 1. The highest BCUT2D eigenvalue weighted by atomic mass is 32.2. The molecule has 0 aromatic heterocycles. The van der Waals surface area contributed by atoms with Gasteiger partial charge in [-0.25, -0.2) is 12.7 Å². The molecule has 3 rings (SSSR count). The van der Waals surface area contributed by atoms with Crippen molar-refractivity contribution in [3.05, 3.63) is 35.9 Å². The van der Waals surface area contributed by atoms with Crippen LogP contribution in [0.4, 0.5) is 0 Å². The van der Waals surface area contributed by atoms with Crippen molar-refractivity contribution < 1.29 is 13.2 Å². The normalized spacial score (nSPS) is 24.7. The van der Waals surface area contributed by atoms with E-state index in [9.17, 15) is 13.2 Å². The summed E-state index contributed by atoms with van der Waals surface area (Å²) in [6.45, 7) is 1.64. The lowest BCUT2D eigenvalue weighted by Gasteiger charge is -2.26. The lowest BCUT2D eigenvalue weighted by molar-refractivity contribution is -0.132. The molecule has 1 amide bonds. The van der Waals surface area contributed by atoms with E-state index in [1.54, 1.807) is 0 Å². The maximum atomic E-state index is 12.5. The fraction of sp³-hybridized carbons (Fsp3) is 0.562. The van der Waals surface area contributed by atoms with Crippen LogP contribution in [0.25, 0.3) is 0 Å². The Labute approximate surface area is 132 Å². The van der Waals surface area contributed by atoms with Gasteiger partial charge in [-0.15, -0.1) is 0 Å². The highest BCUT2D eigenvalue weighted by molar-refractivity contribution is 7.89. The third-order valence-electron chi connectivity index (χ3n) is 4.54. The quantitative estimate of drug-likeness (QED) is 0.849. The van der Waals surface area contributed by atoms with Crippen molar-refractivity contribution in [3.63, 3.8) is 0 Å². The number of carbonyl (C=O) groups is 1. The van der Waals surface area contributed by atoms with Crippen LogP contribution in [0.2, 0.25) is 0 Å². The van der Waals surface area contributed by atoms with Crippen LogP contribution < -0.4 is 0 Å². The van der Waals surface area contributed by atoms with E-state index in [1.165, 1.54) is 9.87 Å². The molecule has 120 valence electrons. The van der Waals surface area contributed by atoms with Crippen molar-refractivity contribution >= 4 is 15.9 Å². The summed E-state index contributed by atoms with van der Waals surface area (Å²) in [5.74, 6) is 0.283. The molecule has 0 aliphatic carbocycles.